The molecule has 1 atom stereocenters. The fourth-order valence-corrected chi connectivity index (χ4v) is 1.58. The average molecular weight is 216 g/mol. The van der Waals surface area contributed by atoms with Crippen LogP contribution in [0.3, 0.4) is 0 Å². The maximum absolute atomic E-state index is 4.09. The van der Waals surface area contributed by atoms with Gasteiger partial charge in [-0.1, -0.05) is 0 Å². The Morgan fingerprint density at radius 2 is 2.06 bits per heavy atom. The van der Waals surface area contributed by atoms with Crippen LogP contribution in [-0.4, -0.2) is 14.5 Å². The van der Waals surface area contributed by atoms with Crippen molar-refractivity contribution in [3.63, 3.8) is 0 Å². The molecular weight excluding hydrogens is 200 g/mol. The minimum absolute atomic E-state index is 0.318. The van der Waals surface area contributed by atoms with Crippen molar-refractivity contribution in [2.75, 3.05) is 0 Å². The summed E-state index contributed by atoms with van der Waals surface area (Å²) in [7, 11) is 2.00. The fraction of sp³-hybridized carbons (Fsp3) is 0.333. The number of nitrogens with one attached hydrogen (secondary N) is 1. The van der Waals surface area contributed by atoms with Crippen molar-refractivity contribution in [3.05, 3.63) is 48.3 Å². The summed E-state index contributed by atoms with van der Waals surface area (Å²) in [5.41, 5.74) is 2.43. The van der Waals surface area contributed by atoms with Gasteiger partial charge in [0, 0.05) is 38.2 Å². The molecule has 0 aromatic carbocycles. The quantitative estimate of drug-likeness (QED) is 0.845. The van der Waals surface area contributed by atoms with Crippen LogP contribution in [0, 0.1) is 0 Å². The van der Waals surface area contributed by atoms with E-state index in [2.05, 4.69) is 22.2 Å². The molecule has 0 saturated carbocycles. The third-order valence-electron chi connectivity index (χ3n) is 2.71. The molecule has 2 rings (SSSR count). The highest BCUT2D eigenvalue weighted by Crippen LogP contribution is 2.10. The molecule has 16 heavy (non-hydrogen) atoms. The summed E-state index contributed by atoms with van der Waals surface area (Å²) in [6.07, 6.45) is 7.33. The van der Waals surface area contributed by atoms with Crippen molar-refractivity contribution in [1.82, 2.24) is 19.9 Å². The fourth-order valence-electron chi connectivity index (χ4n) is 1.58. The predicted molar refractivity (Wildman–Crippen MR) is 62.7 cm³/mol. The summed E-state index contributed by atoms with van der Waals surface area (Å²) in [6, 6.07) is 4.37. The number of hydrogen-bond donors (Lipinski definition) is 1. The van der Waals surface area contributed by atoms with Gasteiger partial charge in [-0.05, 0) is 24.6 Å². The first kappa shape index (κ1) is 10.8. The Labute approximate surface area is 95.4 Å². The number of nitrogens with zero attached hydrogens (tertiary/aromatic N) is 3. The minimum Gasteiger partial charge on any atom is -0.337 e. The third-order valence-corrected chi connectivity index (χ3v) is 2.71. The average Bonchev–Trinajstić information content (AvgIpc) is 2.73. The number of hydrogen-bond acceptors (Lipinski definition) is 3. The zero-order chi connectivity index (χ0) is 11.4. The second kappa shape index (κ2) is 4.90. The van der Waals surface area contributed by atoms with Crippen LogP contribution in [0.2, 0.25) is 0 Å². The van der Waals surface area contributed by atoms with E-state index >= 15 is 0 Å². The Bertz CT molecular complexity index is 435. The lowest BCUT2D eigenvalue weighted by Crippen LogP contribution is -2.19. The monoisotopic (exact) mass is 216 g/mol. The van der Waals surface area contributed by atoms with Gasteiger partial charge in [0.15, 0.2) is 0 Å². The highest BCUT2D eigenvalue weighted by atomic mass is 15.0. The Morgan fingerprint density at radius 3 is 2.69 bits per heavy atom. The van der Waals surface area contributed by atoms with Gasteiger partial charge in [0.25, 0.3) is 0 Å². The van der Waals surface area contributed by atoms with Gasteiger partial charge >= 0.3 is 0 Å². The van der Waals surface area contributed by atoms with Crippen molar-refractivity contribution in [2.24, 2.45) is 7.05 Å². The first-order valence-electron chi connectivity index (χ1n) is 5.36. The van der Waals surface area contributed by atoms with E-state index in [4.69, 9.17) is 0 Å². The zero-order valence-electron chi connectivity index (χ0n) is 9.59. The van der Waals surface area contributed by atoms with Crippen LogP contribution >= 0.6 is 0 Å². The molecule has 4 heteroatoms. The summed E-state index contributed by atoms with van der Waals surface area (Å²) >= 11 is 0. The predicted octanol–water partition coefficient (Wildman–Crippen LogP) is 1.67. The van der Waals surface area contributed by atoms with Crippen molar-refractivity contribution >= 4 is 0 Å². The van der Waals surface area contributed by atoms with Crippen molar-refractivity contribution in [2.45, 2.75) is 19.5 Å². The zero-order valence-corrected chi connectivity index (χ0v) is 9.59. The Morgan fingerprint density at radius 1 is 1.31 bits per heavy atom. The lowest BCUT2D eigenvalue weighted by Gasteiger charge is -2.13. The topological polar surface area (TPSA) is 42.7 Å². The summed E-state index contributed by atoms with van der Waals surface area (Å²) in [6.45, 7) is 2.96. The van der Waals surface area contributed by atoms with Gasteiger partial charge in [-0.15, -0.1) is 0 Å². The number of aryl methyl sites for hydroxylation is 1. The van der Waals surface area contributed by atoms with Gasteiger partial charge in [0.2, 0.25) is 0 Å². The molecule has 0 aliphatic carbocycles. The van der Waals surface area contributed by atoms with Crippen LogP contribution in [-0.2, 0) is 13.6 Å². The van der Waals surface area contributed by atoms with Crippen LogP contribution in [0.1, 0.15) is 24.2 Å². The van der Waals surface area contributed by atoms with Gasteiger partial charge in [0.05, 0.1) is 12.0 Å². The van der Waals surface area contributed by atoms with E-state index in [9.17, 15) is 0 Å². The van der Waals surface area contributed by atoms with E-state index in [1.807, 2.05) is 48.7 Å². The Kier molecular flexibility index (Phi) is 3.31. The van der Waals surface area contributed by atoms with E-state index in [1.165, 1.54) is 11.3 Å². The van der Waals surface area contributed by atoms with Gasteiger partial charge < -0.3 is 9.88 Å². The van der Waals surface area contributed by atoms with Crippen molar-refractivity contribution in [3.8, 4) is 0 Å². The molecule has 0 aliphatic heterocycles. The number of imidazole rings is 1. The number of rotatable bonds is 4. The largest absolute Gasteiger partial charge is 0.337 e. The van der Waals surface area contributed by atoms with Crippen molar-refractivity contribution < 1.29 is 0 Å². The van der Waals surface area contributed by atoms with Crippen LogP contribution < -0.4 is 5.32 Å². The maximum Gasteiger partial charge on any atom is 0.0945 e. The van der Waals surface area contributed by atoms with Crippen molar-refractivity contribution in [1.29, 1.82) is 0 Å². The molecular formula is C12H16N4. The molecule has 0 radical (unpaired) electrons. The molecule has 0 aliphatic rings. The molecule has 1 unspecified atom stereocenters. The molecule has 0 amide bonds. The number of pyridine rings is 1. The van der Waals surface area contributed by atoms with Gasteiger partial charge in [-0.3, -0.25) is 4.98 Å². The normalized spacial score (nSPS) is 12.6. The van der Waals surface area contributed by atoms with E-state index in [1.54, 1.807) is 0 Å². The van der Waals surface area contributed by atoms with E-state index < -0.39 is 0 Å². The molecule has 84 valence electrons. The Balaban J connectivity index is 1.94. The molecule has 2 aromatic rings. The molecule has 1 N–H and O–H groups in total. The molecule has 2 aromatic heterocycles. The molecule has 0 fully saturated rings. The molecule has 0 saturated heterocycles. The molecule has 4 nitrogen and oxygen atoms in total. The van der Waals surface area contributed by atoms with E-state index in [0.717, 1.165) is 6.54 Å². The highest BCUT2D eigenvalue weighted by Gasteiger charge is 2.05. The summed E-state index contributed by atoms with van der Waals surface area (Å²) in [5.74, 6) is 0. The van der Waals surface area contributed by atoms with Gasteiger partial charge in [0.1, 0.15) is 0 Å². The highest BCUT2D eigenvalue weighted by molar-refractivity contribution is 5.14. The maximum atomic E-state index is 4.09. The SMILES string of the molecule is CC(NCc1cncn1C)c1ccncc1. The number of aromatic nitrogens is 3. The van der Waals surface area contributed by atoms with E-state index in [0.29, 0.717) is 6.04 Å². The molecule has 0 bridgehead atoms. The smallest absolute Gasteiger partial charge is 0.0945 e. The second-order valence-electron chi connectivity index (χ2n) is 3.88. The second-order valence-corrected chi connectivity index (χ2v) is 3.88. The standard InChI is InChI=1S/C12H16N4/c1-10(11-3-5-13-6-4-11)15-8-12-7-14-9-16(12)2/h3-7,9-10,15H,8H2,1-2H3. The lowest BCUT2D eigenvalue weighted by atomic mass is 10.1. The van der Waals surface area contributed by atoms with Crippen LogP contribution in [0.15, 0.2) is 37.1 Å². The van der Waals surface area contributed by atoms with Gasteiger partial charge in [-0.2, -0.15) is 0 Å². The van der Waals surface area contributed by atoms with Crippen LogP contribution in [0.25, 0.3) is 0 Å². The summed E-state index contributed by atoms with van der Waals surface area (Å²) < 4.78 is 2.02. The van der Waals surface area contributed by atoms with Gasteiger partial charge in [-0.25, -0.2) is 4.98 Å². The first-order chi connectivity index (χ1) is 7.77. The lowest BCUT2D eigenvalue weighted by molar-refractivity contribution is 0.557. The summed E-state index contributed by atoms with van der Waals surface area (Å²) in [4.78, 5) is 8.10. The molecule has 0 spiro atoms. The first-order valence-corrected chi connectivity index (χ1v) is 5.36. The summed E-state index contributed by atoms with van der Waals surface area (Å²) in [5, 5.41) is 3.45. The van der Waals surface area contributed by atoms with Crippen LogP contribution in [0.5, 0.6) is 0 Å². The third kappa shape index (κ3) is 2.46. The Hall–Kier alpha value is -1.68. The van der Waals surface area contributed by atoms with E-state index in [-0.39, 0.29) is 0 Å². The van der Waals surface area contributed by atoms with Crippen LogP contribution in [0.4, 0.5) is 0 Å². The minimum atomic E-state index is 0.318. The molecule has 2 heterocycles.